The minimum Gasteiger partial charge on any atom is -0.507 e. The maximum absolute atomic E-state index is 10.7. The van der Waals surface area contributed by atoms with Gasteiger partial charge in [-0.2, -0.15) is 0 Å². The van der Waals surface area contributed by atoms with Crippen LogP contribution in [-0.2, 0) is 0 Å². The van der Waals surface area contributed by atoms with Crippen molar-refractivity contribution in [1.29, 1.82) is 0 Å². The van der Waals surface area contributed by atoms with Crippen LogP contribution in [0.1, 0.15) is 17.3 Å². The van der Waals surface area contributed by atoms with Crippen LogP contribution < -0.4 is 9.47 Å². The first-order chi connectivity index (χ1) is 7.15. The molecule has 4 nitrogen and oxygen atoms in total. The standard InChI is InChI=1S/C10H11ClO4/c1-3-15-10-7(11)4-8(13)6(5-12)9(10)14-2/h4-5,13H,3H2,1-2H3. The number of carbonyl (C=O) groups excluding carboxylic acids is 1. The molecule has 1 N–H and O–H groups in total. The van der Waals surface area contributed by atoms with Crippen molar-refractivity contribution < 1.29 is 19.4 Å². The van der Waals surface area contributed by atoms with Gasteiger partial charge in [-0.15, -0.1) is 0 Å². The Morgan fingerprint density at radius 2 is 2.20 bits per heavy atom. The average Bonchev–Trinajstić information content (AvgIpc) is 2.21. The van der Waals surface area contributed by atoms with E-state index < -0.39 is 0 Å². The van der Waals surface area contributed by atoms with Crippen molar-refractivity contribution in [3.8, 4) is 17.2 Å². The van der Waals surface area contributed by atoms with Gasteiger partial charge in [-0.3, -0.25) is 4.79 Å². The first kappa shape index (κ1) is 11.7. The maximum Gasteiger partial charge on any atom is 0.180 e. The van der Waals surface area contributed by atoms with Crippen LogP contribution in [-0.4, -0.2) is 25.1 Å². The van der Waals surface area contributed by atoms with E-state index in [2.05, 4.69) is 0 Å². The molecule has 0 aliphatic rings. The monoisotopic (exact) mass is 230 g/mol. The fourth-order valence-corrected chi connectivity index (χ4v) is 1.45. The van der Waals surface area contributed by atoms with Gasteiger partial charge in [0, 0.05) is 6.07 Å². The van der Waals surface area contributed by atoms with Crippen LogP contribution in [0.3, 0.4) is 0 Å². The summed E-state index contributed by atoms with van der Waals surface area (Å²) >= 11 is 5.84. The van der Waals surface area contributed by atoms with Crippen molar-refractivity contribution in [2.75, 3.05) is 13.7 Å². The number of rotatable bonds is 4. The highest BCUT2D eigenvalue weighted by Crippen LogP contribution is 2.42. The third-order valence-electron chi connectivity index (χ3n) is 1.82. The molecule has 0 fully saturated rings. The zero-order valence-corrected chi connectivity index (χ0v) is 9.17. The Morgan fingerprint density at radius 3 is 2.67 bits per heavy atom. The summed E-state index contributed by atoms with van der Waals surface area (Å²) < 4.78 is 10.2. The van der Waals surface area contributed by atoms with E-state index in [0.717, 1.165) is 0 Å². The van der Waals surface area contributed by atoms with Crippen LogP contribution in [0.2, 0.25) is 5.02 Å². The normalized spacial score (nSPS) is 9.80. The third kappa shape index (κ3) is 2.15. The van der Waals surface area contributed by atoms with Crippen molar-refractivity contribution in [2.24, 2.45) is 0 Å². The number of carbonyl (C=O) groups is 1. The van der Waals surface area contributed by atoms with E-state index in [4.69, 9.17) is 21.1 Å². The zero-order valence-electron chi connectivity index (χ0n) is 8.41. The highest BCUT2D eigenvalue weighted by Gasteiger charge is 2.18. The smallest absolute Gasteiger partial charge is 0.180 e. The summed E-state index contributed by atoms with van der Waals surface area (Å²) in [5.41, 5.74) is 0.0327. The van der Waals surface area contributed by atoms with E-state index in [9.17, 15) is 9.90 Å². The lowest BCUT2D eigenvalue weighted by Gasteiger charge is -2.13. The molecule has 0 radical (unpaired) electrons. The summed E-state index contributed by atoms with van der Waals surface area (Å²) in [5.74, 6) is 0.189. The van der Waals surface area contributed by atoms with Crippen LogP contribution in [0, 0.1) is 0 Å². The molecule has 0 saturated carbocycles. The van der Waals surface area contributed by atoms with Crippen LogP contribution in [0.5, 0.6) is 17.2 Å². The molecule has 0 unspecified atom stereocenters. The van der Waals surface area contributed by atoms with Gasteiger partial charge in [0.2, 0.25) is 0 Å². The number of hydrogen-bond acceptors (Lipinski definition) is 4. The Balaban J connectivity index is 3.41. The van der Waals surface area contributed by atoms with E-state index in [-0.39, 0.29) is 27.8 Å². The Hall–Kier alpha value is -1.42. The largest absolute Gasteiger partial charge is 0.507 e. The van der Waals surface area contributed by atoms with Gasteiger partial charge in [0.1, 0.15) is 11.3 Å². The summed E-state index contributed by atoms with van der Waals surface area (Å²) in [7, 11) is 1.38. The van der Waals surface area contributed by atoms with Crippen molar-refractivity contribution in [2.45, 2.75) is 6.92 Å². The molecule has 0 amide bonds. The van der Waals surface area contributed by atoms with Gasteiger partial charge in [-0.05, 0) is 6.92 Å². The predicted octanol–water partition coefficient (Wildman–Crippen LogP) is 2.27. The Bertz CT molecular complexity index is 376. The molecule has 0 aliphatic carbocycles. The maximum atomic E-state index is 10.7. The van der Waals surface area contributed by atoms with Gasteiger partial charge >= 0.3 is 0 Å². The highest BCUT2D eigenvalue weighted by molar-refractivity contribution is 6.32. The molecule has 15 heavy (non-hydrogen) atoms. The van der Waals surface area contributed by atoms with Gasteiger partial charge in [0.05, 0.1) is 18.7 Å². The van der Waals surface area contributed by atoms with Crippen LogP contribution >= 0.6 is 11.6 Å². The summed E-state index contributed by atoms with van der Waals surface area (Å²) in [6.45, 7) is 2.17. The van der Waals surface area contributed by atoms with E-state index in [1.54, 1.807) is 6.92 Å². The second kappa shape index (κ2) is 4.89. The lowest BCUT2D eigenvalue weighted by Crippen LogP contribution is -1.99. The second-order valence-corrected chi connectivity index (χ2v) is 3.11. The molecule has 0 atom stereocenters. The van der Waals surface area contributed by atoms with Crippen LogP contribution in [0.15, 0.2) is 6.07 Å². The number of methoxy groups -OCH3 is 1. The van der Waals surface area contributed by atoms with Crippen molar-refractivity contribution in [1.82, 2.24) is 0 Å². The number of halogens is 1. The molecule has 5 heteroatoms. The Kier molecular flexibility index (Phi) is 3.80. The zero-order chi connectivity index (χ0) is 11.4. The van der Waals surface area contributed by atoms with Gasteiger partial charge in [0.15, 0.2) is 17.8 Å². The molecule has 0 aliphatic heterocycles. The molecule has 0 heterocycles. The van der Waals surface area contributed by atoms with E-state index in [1.165, 1.54) is 13.2 Å². The fraction of sp³-hybridized carbons (Fsp3) is 0.300. The molecule has 0 saturated heterocycles. The first-order valence-corrected chi connectivity index (χ1v) is 4.70. The number of phenolic OH excluding ortho intramolecular Hbond substituents is 1. The van der Waals surface area contributed by atoms with Gasteiger partial charge in [-0.1, -0.05) is 11.6 Å². The Morgan fingerprint density at radius 1 is 1.53 bits per heavy atom. The fourth-order valence-electron chi connectivity index (χ4n) is 1.21. The van der Waals surface area contributed by atoms with Crippen LogP contribution in [0.25, 0.3) is 0 Å². The topological polar surface area (TPSA) is 55.8 Å². The molecule has 0 bridgehead atoms. The molecule has 1 aromatic carbocycles. The predicted molar refractivity (Wildman–Crippen MR) is 56.2 cm³/mol. The van der Waals surface area contributed by atoms with Gasteiger partial charge in [0.25, 0.3) is 0 Å². The summed E-state index contributed by atoms with van der Waals surface area (Å²) in [6, 6.07) is 1.25. The summed E-state index contributed by atoms with van der Waals surface area (Å²) in [5, 5.41) is 9.65. The number of phenols is 1. The number of ether oxygens (including phenoxy) is 2. The lowest BCUT2D eigenvalue weighted by atomic mass is 10.2. The van der Waals surface area contributed by atoms with Crippen LogP contribution in [0.4, 0.5) is 0 Å². The summed E-state index contributed by atoms with van der Waals surface area (Å²) in [4.78, 5) is 10.7. The minimum atomic E-state index is -0.227. The van der Waals surface area contributed by atoms with Gasteiger partial charge in [-0.25, -0.2) is 0 Å². The number of aromatic hydroxyl groups is 1. The number of aldehydes is 1. The van der Waals surface area contributed by atoms with Gasteiger partial charge < -0.3 is 14.6 Å². The Labute approximate surface area is 92.4 Å². The number of hydrogen-bond donors (Lipinski definition) is 1. The van der Waals surface area contributed by atoms with E-state index >= 15 is 0 Å². The molecule has 82 valence electrons. The van der Waals surface area contributed by atoms with Crippen molar-refractivity contribution in [3.05, 3.63) is 16.7 Å². The van der Waals surface area contributed by atoms with E-state index in [0.29, 0.717) is 12.9 Å². The molecular weight excluding hydrogens is 220 g/mol. The SMILES string of the molecule is CCOc1c(Cl)cc(O)c(C=O)c1OC. The highest BCUT2D eigenvalue weighted by atomic mass is 35.5. The molecule has 1 rings (SSSR count). The molecule has 0 aromatic heterocycles. The number of benzene rings is 1. The minimum absolute atomic E-state index is 0.0327. The third-order valence-corrected chi connectivity index (χ3v) is 2.10. The average molecular weight is 231 g/mol. The molecular formula is C10H11ClO4. The second-order valence-electron chi connectivity index (χ2n) is 2.70. The lowest BCUT2D eigenvalue weighted by molar-refractivity contribution is 0.111. The molecule has 1 aromatic rings. The van der Waals surface area contributed by atoms with Crippen molar-refractivity contribution in [3.63, 3.8) is 0 Å². The molecule has 0 spiro atoms. The van der Waals surface area contributed by atoms with E-state index in [1.807, 2.05) is 0 Å². The van der Waals surface area contributed by atoms with Crippen molar-refractivity contribution >= 4 is 17.9 Å². The first-order valence-electron chi connectivity index (χ1n) is 4.33. The summed E-state index contributed by atoms with van der Waals surface area (Å²) in [6.07, 6.45) is 0.493. The quantitative estimate of drug-likeness (QED) is 0.807.